The van der Waals surface area contributed by atoms with Crippen LogP contribution in [0.5, 0.6) is 0 Å². The van der Waals surface area contributed by atoms with Crippen molar-refractivity contribution in [2.75, 3.05) is 0 Å². The molecule has 0 aliphatic carbocycles. The number of hydrogen-bond acceptors (Lipinski definition) is 6. The van der Waals surface area contributed by atoms with E-state index < -0.39 is 0 Å². The highest BCUT2D eigenvalue weighted by Gasteiger charge is 2.22. The van der Waals surface area contributed by atoms with Crippen molar-refractivity contribution >= 4 is 66.2 Å². The monoisotopic (exact) mass is 552 g/mol. The van der Waals surface area contributed by atoms with Crippen LogP contribution in [0.15, 0.2) is 121 Å². The number of para-hydroxylation sites is 8. The highest BCUT2D eigenvalue weighted by molar-refractivity contribution is 6.11. The number of aromatic nitrogens is 6. The predicted octanol–water partition coefficient (Wildman–Crippen LogP) is 7.55. The van der Waals surface area contributed by atoms with Crippen LogP contribution in [0, 0.1) is 5.21 Å². The van der Waals surface area contributed by atoms with Gasteiger partial charge in [0, 0.05) is 28.8 Å². The smallest absolute Gasteiger partial charge is 0.243 e. The summed E-state index contributed by atoms with van der Waals surface area (Å²) < 4.78 is 0.961. The van der Waals surface area contributed by atoms with Gasteiger partial charge in [-0.05, 0) is 48.0 Å². The highest BCUT2D eigenvalue weighted by atomic mass is 16.5. The van der Waals surface area contributed by atoms with Gasteiger partial charge in [-0.1, -0.05) is 66.7 Å². The summed E-state index contributed by atoms with van der Waals surface area (Å²) in [6.45, 7) is 0. The first-order chi connectivity index (χ1) is 21.2. The molecule has 0 fully saturated rings. The third-order valence-corrected chi connectivity index (χ3v) is 8.01. The van der Waals surface area contributed by atoms with Crippen LogP contribution >= 0.6 is 0 Å². The van der Waals surface area contributed by atoms with Gasteiger partial charge in [-0.3, -0.25) is 0 Å². The molecule has 9 rings (SSSR count). The summed E-state index contributed by atoms with van der Waals surface area (Å²) in [5, 5.41) is 13.6. The van der Waals surface area contributed by atoms with Crippen molar-refractivity contribution < 1.29 is 4.73 Å². The molecule has 7 heteroatoms. The van der Waals surface area contributed by atoms with Crippen molar-refractivity contribution in [1.29, 1.82) is 0 Å². The van der Waals surface area contributed by atoms with Gasteiger partial charge < -0.3 is 5.21 Å². The van der Waals surface area contributed by atoms with Gasteiger partial charge in [0.05, 0.1) is 44.1 Å². The Hall–Kier alpha value is -6.08. The van der Waals surface area contributed by atoms with Crippen molar-refractivity contribution in [3.63, 3.8) is 0 Å². The zero-order valence-corrected chi connectivity index (χ0v) is 22.6. The van der Waals surface area contributed by atoms with Gasteiger partial charge in [-0.25, -0.2) is 24.9 Å². The van der Waals surface area contributed by atoms with E-state index in [9.17, 15) is 5.21 Å². The lowest BCUT2D eigenvalue weighted by Crippen LogP contribution is -2.28. The van der Waals surface area contributed by atoms with Crippen LogP contribution in [0.1, 0.15) is 0 Å². The molecule has 0 radical (unpaired) electrons. The minimum Gasteiger partial charge on any atom is -0.618 e. The Kier molecular flexibility index (Phi) is 4.92. The molecule has 0 bridgehead atoms. The summed E-state index contributed by atoms with van der Waals surface area (Å²) in [4.78, 5) is 25.1. The number of nitrogens with zero attached hydrogens (tertiary/aromatic N) is 6. The highest BCUT2D eigenvalue weighted by Crippen LogP contribution is 2.42. The number of fused-ring (bicyclic) bond motifs is 6. The van der Waals surface area contributed by atoms with Crippen LogP contribution in [-0.4, -0.2) is 24.9 Å². The third-order valence-electron chi connectivity index (χ3n) is 8.01. The van der Waals surface area contributed by atoms with Crippen molar-refractivity contribution in [2.45, 2.75) is 0 Å². The minimum absolute atomic E-state index is 0.483. The quantitative estimate of drug-likeness (QED) is 0.125. The second-order valence-electron chi connectivity index (χ2n) is 10.5. The molecule has 0 unspecified atom stereocenters. The summed E-state index contributed by atoms with van der Waals surface area (Å²) in [5.41, 5.74) is 12.0. The maximum Gasteiger partial charge on any atom is 0.243 e. The van der Waals surface area contributed by atoms with Crippen molar-refractivity contribution in [3.8, 4) is 22.3 Å². The van der Waals surface area contributed by atoms with Crippen LogP contribution in [0.4, 0.5) is 0 Å². The van der Waals surface area contributed by atoms with E-state index in [4.69, 9.17) is 24.9 Å². The van der Waals surface area contributed by atoms with Gasteiger partial charge in [0.2, 0.25) is 11.0 Å². The van der Waals surface area contributed by atoms with E-state index in [2.05, 4.69) is 12.1 Å². The van der Waals surface area contributed by atoms with Crippen LogP contribution in [0.3, 0.4) is 0 Å². The number of benzene rings is 6. The fraction of sp³-hybridized carbons (Fsp3) is 0. The standard InChI is InChI=1S/C36H20N6O/c43-42-31-17-6-5-15-28(31)41-35-23(10-8-18-32(35)42)33-21(19-20-30-36(33)40-27-14-4-2-12-25(27)38-30)22-9-7-16-29-34(22)39-26-13-3-1-11-24(26)37-29/h1-20H. The van der Waals surface area contributed by atoms with Crippen molar-refractivity contribution in [1.82, 2.24) is 24.9 Å². The predicted molar refractivity (Wildman–Crippen MR) is 170 cm³/mol. The lowest BCUT2D eigenvalue weighted by atomic mass is 9.91. The molecule has 3 aromatic heterocycles. The Balaban J connectivity index is 1.45. The molecule has 0 spiro atoms. The van der Waals surface area contributed by atoms with Gasteiger partial charge in [-0.2, -0.15) is 4.73 Å². The fourth-order valence-electron chi connectivity index (χ4n) is 6.04. The Morgan fingerprint density at radius 2 is 0.860 bits per heavy atom. The molecule has 0 aliphatic rings. The summed E-state index contributed by atoms with van der Waals surface area (Å²) in [7, 11) is 0. The molecule has 0 N–H and O–H groups in total. The second kappa shape index (κ2) is 8.96. The average molecular weight is 553 g/mol. The lowest BCUT2D eigenvalue weighted by molar-refractivity contribution is -0.548. The van der Waals surface area contributed by atoms with Gasteiger partial charge in [0.15, 0.2) is 0 Å². The van der Waals surface area contributed by atoms with Crippen LogP contribution in [0.2, 0.25) is 0 Å². The van der Waals surface area contributed by atoms with Crippen LogP contribution < -0.4 is 4.73 Å². The van der Waals surface area contributed by atoms with Crippen molar-refractivity contribution in [3.05, 3.63) is 127 Å². The Morgan fingerprint density at radius 1 is 0.349 bits per heavy atom. The molecular weight excluding hydrogens is 532 g/mol. The van der Waals surface area contributed by atoms with E-state index >= 15 is 0 Å². The van der Waals surface area contributed by atoms with E-state index in [1.54, 1.807) is 6.07 Å². The normalized spacial score (nSPS) is 11.8. The number of rotatable bonds is 2. The summed E-state index contributed by atoms with van der Waals surface area (Å²) in [6.07, 6.45) is 0. The van der Waals surface area contributed by atoms with Crippen LogP contribution in [-0.2, 0) is 0 Å². The maximum atomic E-state index is 13.6. The van der Waals surface area contributed by atoms with E-state index in [0.717, 1.165) is 71.1 Å². The minimum atomic E-state index is 0.483. The zero-order chi connectivity index (χ0) is 28.5. The Bertz CT molecular complexity index is 2600. The Morgan fingerprint density at radius 3 is 1.60 bits per heavy atom. The van der Waals surface area contributed by atoms with Crippen LogP contribution in [0.25, 0.3) is 88.5 Å². The van der Waals surface area contributed by atoms with Gasteiger partial charge in [0.25, 0.3) is 0 Å². The fourth-order valence-corrected chi connectivity index (χ4v) is 6.04. The van der Waals surface area contributed by atoms with E-state index in [-0.39, 0.29) is 0 Å². The molecule has 3 heterocycles. The largest absolute Gasteiger partial charge is 0.618 e. The SMILES string of the molecule is [O-][n+]1c2ccccc2nc2c(-c3c(-c4cccc5nc6ccccc6nc45)ccc4nc5ccccc5nc34)cccc21. The first kappa shape index (κ1) is 23.6. The summed E-state index contributed by atoms with van der Waals surface area (Å²) in [5.74, 6) is 0. The topological polar surface area (TPSA) is 91.4 Å². The average Bonchev–Trinajstić information content (AvgIpc) is 3.06. The molecule has 6 aromatic carbocycles. The van der Waals surface area contributed by atoms with E-state index in [1.165, 1.54) is 0 Å². The molecule has 0 aliphatic heterocycles. The molecule has 200 valence electrons. The third kappa shape index (κ3) is 3.55. The van der Waals surface area contributed by atoms with Gasteiger partial charge in [0.1, 0.15) is 11.0 Å². The maximum absolute atomic E-state index is 13.6. The summed E-state index contributed by atoms with van der Waals surface area (Å²) >= 11 is 0. The zero-order valence-electron chi connectivity index (χ0n) is 22.6. The summed E-state index contributed by atoms with van der Waals surface area (Å²) in [6, 6.07) is 39.0. The van der Waals surface area contributed by atoms with Gasteiger partial charge >= 0.3 is 0 Å². The van der Waals surface area contributed by atoms with Gasteiger partial charge in [-0.15, -0.1) is 0 Å². The first-order valence-electron chi connectivity index (χ1n) is 14.0. The lowest BCUT2D eigenvalue weighted by Gasteiger charge is -2.16. The first-order valence-corrected chi connectivity index (χ1v) is 14.0. The van der Waals surface area contributed by atoms with E-state index in [1.807, 2.05) is 103 Å². The van der Waals surface area contributed by atoms with E-state index in [0.29, 0.717) is 22.1 Å². The molecule has 0 saturated carbocycles. The molecule has 0 saturated heterocycles. The number of hydrogen-bond donors (Lipinski definition) is 0. The molecule has 0 amide bonds. The molecule has 7 nitrogen and oxygen atoms in total. The Labute approximate surface area is 244 Å². The molecule has 43 heavy (non-hydrogen) atoms. The van der Waals surface area contributed by atoms with Crippen molar-refractivity contribution in [2.24, 2.45) is 0 Å². The second-order valence-corrected chi connectivity index (χ2v) is 10.5. The molecule has 0 atom stereocenters. The molecular formula is C36H20N6O. The molecule has 9 aromatic rings.